The van der Waals surface area contributed by atoms with Crippen LogP contribution in [0, 0.1) is 0 Å². The van der Waals surface area contributed by atoms with Crippen molar-refractivity contribution < 1.29 is 14.3 Å². The van der Waals surface area contributed by atoms with Gasteiger partial charge in [0.2, 0.25) is 5.91 Å². The Hall–Kier alpha value is -3.00. The monoisotopic (exact) mass is 426 g/mol. The fourth-order valence-corrected chi connectivity index (χ4v) is 3.88. The zero-order valence-corrected chi connectivity index (χ0v) is 18.2. The van der Waals surface area contributed by atoms with Gasteiger partial charge in [0.25, 0.3) is 0 Å². The van der Waals surface area contributed by atoms with Crippen LogP contribution in [0.5, 0.6) is 11.5 Å². The molecule has 1 amide bonds. The van der Waals surface area contributed by atoms with Crippen LogP contribution in [0.25, 0.3) is 0 Å². The first kappa shape index (κ1) is 21.7. The molecule has 2 aromatic carbocycles. The third-order valence-electron chi connectivity index (χ3n) is 4.58. The van der Waals surface area contributed by atoms with E-state index in [0.717, 1.165) is 28.7 Å². The zero-order valence-electron chi connectivity index (χ0n) is 17.4. The van der Waals surface area contributed by atoms with Crippen LogP contribution in [0.2, 0.25) is 0 Å². The number of rotatable bonds is 10. The fraction of sp³-hybridized carbons (Fsp3) is 0.318. The molecular formula is C22H26N4O3S. The molecule has 0 spiro atoms. The lowest BCUT2D eigenvalue weighted by atomic mass is 10.1. The van der Waals surface area contributed by atoms with Gasteiger partial charge in [-0.1, -0.05) is 48.2 Å². The van der Waals surface area contributed by atoms with E-state index in [1.807, 2.05) is 60.0 Å². The molecule has 0 saturated heterocycles. The van der Waals surface area contributed by atoms with Crippen molar-refractivity contribution in [3.05, 3.63) is 65.5 Å². The van der Waals surface area contributed by atoms with Crippen LogP contribution in [0.3, 0.4) is 0 Å². The minimum absolute atomic E-state index is 0.0315. The normalized spacial score (nSPS) is 10.6. The van der Waals surface area contributed by atoms with Crippen molar-refractivity contribution in [1.29, 1.82) is 0 Å². The smallest absolute Gasteiger partial charge is 0.230 e. The van der Waals surface area contributed by atoms with Crippen molar-refractivity contribution >= 4 is 17.7 Å². The van der Waals surface area contributed by atoms with E-state index in [-0.39, 0.29) is 5.91 Å². The van der Waals surface area contributed by atoms with Crippen molar-refractivity contribution in [2.24, 2.45) is 0 Å². The van der Waals surface area contributed by atoms with Gasteiger partial charge in [0.15, 0.2) is 16.7 Å². The summed E-state index contributed by atoms with van der Waals surface area (Å²) in [6.07, 6.45) is 0.613. The first-order valence-corrected chi connectivity index (χ1v) is 10.7. The summed E-state index contributed by atoms with van der Waals surface area (Å²) in [6.45, 7) is 3.29. The van der Waals surface area contributed by atoms with E-state index in [1.54, 1.807) is 14.2 Å². The predicted octanol–water partition coefficient (Wildman–Crippen LogP) is 3.31. The van der Waals surface area contributed by atoms with Gasteiger partial charge in [0.05, 0.1) is 20.0 Å². The number of hydrogen-bond donors (Lipinski definition) is 1. The number of hydrogen-bond acceptors (Lipinski definition) is 6. The molecule has 0 saturated carbocycles. The molecule has 0 unspecified atom stereocenters. The van der Waals surface area contributed by atoms with Crippen LogP contribution in [0.1, 0.15) is 23.9 Å². The van der Waals surface area contributed by atoms with E-state index < -0.39 is 0 Å². The molecule has 30 heavy (non-hydrogen) atoms. The van der Waals surface area contributed by atoms with Gasteiger partial charge < -0.3 is 19.4 Å². The highest BCUT2D eigenvalue weighted by molar-refractivity contribution is 7.99. The average Bonchev–Trinajstić information content (AvgIpc) is 3.18. The molecule has 3 aromatic rings. The summed E-state index contributed by atoms with van der Waals surface area (Å²) in [5.74, 6) is 2.48. The molecule has 0 radical (unpaired) electrons. The van der Waals surface area contributed by atoms with Gasteiger partial charge in [0.1, 0.15) is 5.82 Å². The van der Waals surface area contributed by atoms with Crippen LogP contribution >= 0.6 is 11.8 Å². The number of amides is 1. The first-order valence-electron chi connectivity index (χ1n) is 9.71. The number of thioether (sulfide) groups is 1. The predicted molar refractivity (Wildman–Crippen MR) is 117 cm³/mol. The molecule has 7 nitrogen and oxygen atoms in total. The number of carbonyl (C=O) groups excluding carboxylic acids is 1. The Balaban J connectivity index is 1.60. The maximum absolute atomic E-state index is 12.2. The van der Waals surface area contributed by atoms with Gasteiger partial charge in [-0.2, -0.15) is 0 Å². The van der Waals surface area contributed by atoms with E-state index in [9.17, 15) is 4.79 Å². The largest absolute Gasteiger partial charge is 0.493 e. The Morgan fingerprint density at radius 1 is 1.03 bits per heavy atom. The number of nitrogens with one attached hydrogen (secondary N) is 1. The lowest BCUT2D eigenvalue weighted by molar-refractivity contribution is -0.118. The van der Waals surface area contributed by atoms with Crippen LogP contribution < -0.4 is 14.8 Å². The molecular weight excluding hydrogens is 400 g/mol. The maximum atomic E-state index is 12.2. The SMILES string of the molecule is CCn1c(Cc2ccc(OC)c(OC)c2)nnc1SCC(=O)NCc1ccccc1. The Morgan fingerprint density at radius 2 is 1.80 bits per heavy atom. The third kappa shape index (κ3) is 5.54. The van der Waals surface area contributed by atoms with Crippen molar-refractivity contribution in [2.75, 3.05) is 20.0 Å². The molecule has 8 heteroatoms. The molecule has 1 heterocycles. The van der Waals surface area contributed by atoms with E-state index in [4.69, 9.17) is 9.47 Å². The standard InChI is InChI=1S/C22H26N4O3S/c1-4-26-20(13-17-10-11-18(28-2)19(12-17)29-3)24-25-22(26)30-15-21(27)23-14-16-8-6-5-7-9-16/h5-12H,4,13-15H2,1-3H3,(H,23,27). The molecule has 0 atom stereocenters. The van der Waals surface area contributed by atoms with Crippen LogP contribution in [0.4, 0.5) is 0 Å². The van der Waals surface area contributed by atoms with Gasteiger partial charge in [-0.15, -0.1) is 10.2 Å². The molecule has 0 bridgehead atoms. The molecule has 0 fully saturated rings. The second-order valence-electron chi connectivity index (χ2n) is 6.56. The fourth-order valence-electron chi connectivity index (χ4n) is 3.03. The number of benzene rings is 2. The highest BCUT2D eigenvalue weighted by atomic mass is 32.2. The summed E-state index contributed by atoms with van der Waals surface area (Å²) in [4.78, 5) is 12.2. The Kier molecular flexibility index (Phi) is 7.73. The maximum Gasteiger partial charge on any atom is 0.230 e. The van der Waals surface area contributed by atoms with Gasteiger partial charge >= 0.3 is 0 Å². The highest BCUT2D eigenvalue weighted by Gasteiger charge is 2.14. The second kappa shape index (κ2) is 10.7. The van der Waals surface area contributed by atoms with E-state index >= 15 is 0 Å². The van der Waals surface area contributed by atoms with Crippen LogP contribution in [-0.2, 0) is 24.3 Å². The lowest BCUT2D eigenvalue weighted by Gasteiger charge is -2.10. The van der Waals surface area contributed by atoms with Gasteiger partial charge in [0, 0.05) is 19.5 Å². The molecule has 0 aliphatic carbocycles. The van der Waals surface area contributed by atoms with Crippen molar-refractivity contribution in [2.45, 2.75) is 31.6 Å². The van der Waals surface area contributed by atoms with Crippen LogP contribution in [0.15, 0.2) is 53.7 Å². The Bertz CT molecular complexity index is 976. The van der Waals surface area contributed by atoms with E-state index in [1.165, 1.54) is 11.8 Å². The highest BCUT2D eigenvalue weighted by Crippen LogP contribution is 2.28. The Labute approximate surface area is 180 Å². The molecule has 0 aliphatic heterocycles. The van der Waals surface area contributed by atoms with Crippen molar-refractivity contribution in [1.82, 2.24) is 20.1 Å². The van der Waals surface area contributed by atoms with E-state index in [0.29, 0.717) is 30.2 Å². The summed E-state index contributed by atoms with van der Waals surface area (Å²) in [5.41, 5.74) is 2.12. The number of carbonyl (C=O) groups is 1. The number of nitrogens with zero attached hydrogens (tertiary/aromatic N) is 3. The minimum atomic E-state index is -0.0315. The second-order valence-corrected chi connectivity index (χ2v) is 7.50. The summed E-state index contributed by atoms with van der Waals surface area (Å²) in [5, 5.41) is 12.3. The molecule has 1 N–H and O–H groups in total. The number of aromatic nitrogens is 3. The Morgan fingerprint density at radius 3 is 2.50 bits per heavy atom. The van der Waals surface area contributed by atoms with Crippen molar-refractivity contribution in [3.8, 4) is 11.5 Å². The van der Waals surface area contributed by atoms with Gasteiger partial charge in [-0.3, -0.25) is 4.79 Å². The zero-order chi connectivity index (χ0) is 21.3. The third-order valence-corrected chi connectivity index (χ3v) is 5.55. The summed E-state index contributed by atoms with van der Waals surface area (Å²) < 4.78 is 12.7. The number of methoxy groups -OCH3 is 2. The number of ether oxygens (including phenoxy) is 2. The van der Waals surface area contributed by atoms with Crippen LogP contribution in [-0.4, -0.2) is 40.6 Å². The first-order chi connectivity index (χ1) is 14.6. The summed E-state index contributed by atoms with van der Waals surface area (Å²) in [7, 11) is 3.23. The van der Waals surface area contributed by atoms with E-state index in [2.05, 4.69) is 15.5 Å². The average molecular weight is 427 g/mol. The molecule has 3 rings (SSSR count). The quantitative estimate of drug-likeness (QED) is 0.501. The van der Waals surface area contributed by atoms with Gasteiger partial charge in [-0.25, -0.2) is 0 Å². The van der Waals surface area contributed by atoms with Gasteiger partial charge in [-0.05, 0) is 30.2 Å². The lowest BCUT2D eigenvalue weighted by Crippen LogP contribution is -2.24. The minimum Gasteiger partial charge on any atom is -0.493 e. The van der Waals surface area contributed by atoms with Crippen molar-refractivity contribution in [3.63, 3.8) is 0 Å². The topological polar surface area (TPSA) is 78.3 Å². The summed E-state index contributed by atoms with van der Waals surface area (Å²) in [6, 6.07) is 15.7. The molecule has 1 aromatic heterocycles. The molecule has 0 aliphatic rings. The summed E-state index contributed by atoms with van der Waals surface area (Å²) >= 11 is 1.39. The molecule has 158 valence electrons.